The molecule has 0 aliphatic carbocycles. The van der Waals surface area contributed by atoms with Gasteiger partial charge in [0.1, 0.15) is 5.82 Å². The molecular weight excluding hydrogens is 311 g/mol. The molecule has 1 saturated heterocycles. The molecule has 24 heavy (non-hydrogen) atoms. The Labute approximate surface area is 142 Å². The molecule has 1 heterocycles. The molecule has 0 spiro atoms. The molecule has 2 amide bonds. The third-order valence-electron chi connectivity index (χ3n) is 4.16. The Kier molecular flexibility index (Phi) is 5.59. The van der Waals surface area contributed by atoms with Gasteiger partial charge in [0.2, 0.25) is 11.8 Å². The smallest absolute Gasteiger partial charge is 0.228 e. The average molecular weight is 336 g/mol. The number of nitrogens with zero attached hydrogens (tertiary/aromatic N) is 2. The van der Waals surface area contributed by atoms with Gasteiger partial charge in [0, 0.05) is 31.6 Å². The summed E-state index contributed by atoms with van der Waals surface area (Å²) in [5.74, 6) is -0.544. The molecule has 1 unspecified atom stereocenters. The Hall–Kier alpha value is -1.95. The molecule has 0 radical (unpaired) electrons. The van der Waals surface area contributed by atoms with Crippen LogP contribution >= 0.6 is 0 Å². The van der Waals surface area contributed by atoms with Crippen molar-refractivity contribution in [3.8, 4) is 0 Å². The van der Waals surface area contributed by atoms with E-state index in [1.165, 1.54) is 18.2 Å². The normalized spacial score (nSPS) is 16.9. The maximum absolute atomic E-state index is 13.2. The second kappa shape index (κ2) is 7.30. The lowest BCUT2D eigenvalue weighted by Gasteiger charge is -2.37. The monoisotopic (exact) mass is 336 g/mol. The molecule has 5 nitrogen and oxygen atoms in total. The second-order valence-electron chi connectivity index (χ2n) is 7.20. The van der Waals surface area contributed by atoms with Crippen LogP contribution in [0.5, 0.6) is 0 Å². The van der Waals surface area contributed by atoms with E-state index in [0.29, 0.717) is 31.7 Å². The maximum atomic E-state index is 13.2. The zero-order valence-corrected chi connectivity index (χ0v) is 14.5. The number of hydrogen-bond acceptors (Lipinski definition) is 3. The summed E-state index contributed by atoms with van der Waals surface area (Å²) in [6.07, 6.45) is -1.11. The molecule has 1 aromatic carbocycles. The van der Waals surface area contributed by atoms with E-state index in [-0.39, 0.29) is 18.2 Å². The maximum Gasteiger partial charge on any atom is 0.228 e. The van der Waals surface area contributed by atoms with E-state index in [9.17, 15) is 19.1 Å². The van der Waals surface area contributed by atoms with Gasteiger partial charge >= 0.3 is 0 Å². The number of carbonyl (C=O) groups is 2. The topological polar surface area (TPSA) is 60.9 Å². The van der Waals surface area contributed by atoms with Crippen LogP contribution < -0.4 is 0 Å². The van der Waals surface area contributed by atoms with Gasteiger partial charge in [-0.3, -0.25) is 9.59 Å². The van der Waals surface area contributed by atoms with Crippen molar-refractivity contribution in [2.24, 2.45) is 5.41 Å². The molecule has 1 N–H and O–H groups in total. The van der Waals surface area contributed by atoms with E-state index >= 15 is 0 Å². The number of rotatable bonds is 3. The van der Waals surface area contributed by atoms with Gasteiger partial charge < -0.3 is 14.9 Å². The lowest BCUT2D eigenvalue weighted by atomic mass is 9.94. The van der Waals surface area contributed by atoms with Crippen LogP contribution in [0.2, 0.25) is 0 Å². The van der Waals surface area contributed by atoms with Crippen LogP contribution in [0.3, 0.4) is 0 Å². The minimum Gasteiger partial charge on any atom is -0.388 e. The third kappa shape index (κ3) is 4.54. The number of amides is 2. The lowest BCUT2D eigenvalue weighted by molar-refractivity contribution is -0.145. The largest absolute Gasteiger partial charge is 0.388 e. The highest BCUT2D eigenvalue weighted by atomic mass is 19.1. The highest BCUT2D eigenvalue weighted by Crippen LogP contribution is 2.21. The van der Waals surface area contributed by atoms with Gasteiger partial charge in [-0.05, 0) is 17.7 Å². The van der Waals surface area contributed by atoms with Gasteiger partial charge in [0.05, 0.1) is 12.5 Å². The number of benzene rings is 1. The second-order valence-corrected chi connectivity index (χ2v) is 7.20. The van der Waals surface area contributed by atoms with Crippen LogP contribution in [0.15, 0.2) is 24.3 Å². The number of aliphatic hydroxyl groups excluding tert-OH is 1. The van der Waals surface area contributed by atoms with Crippen molar-refractivity contribution in [2.45, 2.75) is 33.3 Å². The van der Waals surface area contributed by atoms with Crippen LogP contribution in [0.25, 0.3) is 0 Å². The van der Waals surface area contributed by atoms with Crippen molar-refractivity contribution >= 4 is 11.8 Å². The van der Waals surface area contributed by atoms with Crippen LogP contribution in [0, 0.1) is 11.2 Å². The molecule has 0 saturated carbocycles. The summed E-state index contributed by atoms with van der Waals surface area (Å²) < 4.78 is 13.2. The fourth-order valence-corrected chi connectivity index (χ4v) is 2.76. The summed E-state index contributed by atoms with van der Waals surface area (Å²) in [7, 11) is 0. The van der Waals surface area contributed by atoms with E-state index < -0.39 is 17.3 Å². The first-order valence-electron chi connectivity index (χ1n) is 8.19. The zero-order valence-electron chi connectivity index (χ0n) is 14.5. The Bertz CT molecular complexity index is 605. The first-order valence-corrected chi connectivity index (χ1v) is 8.19. The molecule has 132 valence electrons. The number of aliphatic hydroxyl groups is 1. The van der Waals surface area contributed by atoms with E-state index in [0.717, 1.165) is 0 Å². The minimum atomic E-state index is -1.03. The molecule has 2 rings (SSSR count). The SMILES string of the molecule is CC(C)(C)C(=O)N1CCN(C(=O)CC(O)c2cccc(F)c2)CC1. The fourth-order valence-electron chi connectivity index (χ4n) is 2.76. The summed E-state index contributed by atoms with van der Waals surface area (Å²) in [5, 5.41) is 10.1. The van der Waals surface area contributed by atoms with Gasteiger partial charge in [-0.1, -0.05) is 32.9 Å². The van der Waals surface area contributed by atoms with Gasteiger partial charge in [0.25, 0.3) is 0 Å². The summed E-state index contributed by atoms with van der Waals surface area (Å²) in [6, 6.07) is 5.64. The summed E-state index contributed by atoms with van der Waals surface area (Å²) in [6.45, 7) is 7.54. The predicted molar refractivity (Wildman–Crippen MR) is 88.6 cm³/mol. The Morgan fingerprint density at radius 2 is 1.75 bits per heavy atom. The van der Waals surface area contributed by atoms with Crippen LogP contribution in [-0.4, -0.2) is 52.9 Å². The van der Waals surface area contributed by atoms with Crippen molar-refractivity contribution in [3.63, 3.8) is 0 Å². The predicted octanol–water partition coefficient (Wildman–Crippen LogP) is 1.97. The van der Waals surface area contributed by atoms with Crippen LogP contribution in [0.4, 0.5) is 4.39 Å². The van der Waals surface area contributed by atoms with E-state index in [2.05, 4.69) is 0 Å². The van der Waals surface area contributed by atoms with Crippen molar-refractivity contribution in [1.29, 1.82) is 0 Å². The quantitative estimate of drug-likeness (QED) is 0.918. The van der Waals surface area contributed by atoms with Crippen molar-refractivity contribution in [1.82, 2.24) is 9.80 Å². The molecule has 0 aromatic heterocycles. The molecule has 0 bridgehead atoms. The van der Waals surface area contributed by atoms with E-state index in [1.54, 1.807) is 15.9 Å². The minimum absolute atomic E-state index is 0.0781. The number of piperazine rings is 1. The molecular formula is C18H25FN2O3. The highest BCUT2D eigenvalue weighted by molar-refractivity contribution is 5.82. The molecule has 1 aromatic rings. The van der Waals surface area contributed by atoms with E-state index in [1.807, 2.05) is 20.8 Å². The third-order valence-corrected chi connectivity index (χ3v) is 4.16. The molecule has 6 heteroatoms. The van der Waals surface area contributed by atoms with Gasteiger partial charge in [-0.25, -0.2) is 4.39 Å². The molecule has 1 fully saturated rings. The molecule has 1 atom stereocenters. The average Bonchev–Trinajstić information content (AvgIpc) is 2.53. The Morgan fingerprint density at radius 1 is 1.17 bits per heavy atom. The first kappa shape index (κ1) is 18.4. The standard InChI is InChI=1S/C18H25FN2O3/c1-18(2,3)17(24)21-9-7-20(8-10-21)16(23)12-15(22)13-5-4-6-14(19)11-13/h4-6,11,15,22H,7-10,12H2,1-3H3. The van der Waals surface area contributed by atoms with E-state index in [4.69, 9.17) is 0 Å². The van der Waals surface area contributed by atoms with Gasteiger partial charge in [0.15, 0.2) is 0 Å². The number of halogens is 1. The van der Waals surface area contributed by atoms with Gasteiger partial charge in [-0.2, -0.15) is 0 Å². The fraction of sp³-hybridized carbons (Fsp3) is 0.556. The Balaban J connectivity index is 1.88. The number of hydrogen-bond donors (Lipinski definition) is 1. The van der Waals surface area contributed by atoms with Crippen molar-refractivity contribution in [3.05, 3.63) is 35.6 Å². The zero-order chi connectivity index (χ0) is 17.9. The summed E-state index contributed by atoms with van der Waals surface area (Å²) in [5.41, 5.74) is -0.0374. The van der Waals surface area contributed by atoms with Crippen molar-refractivity contribution < 1.29 is 19.1 Å². The summed E-state index contributed by atoms with van der Waals surface area (Å²) in [4.78, 5) is 28.0. The molecule has 1 aliphatic heterocycles. The highest BCUT2D eigenvalue weighted by Gasteiger charge is 2.31. The van der Waals surface area contributed by atoms with Crippen molar-refractivity contribution in [2.75, 3.05) is 26.2 Å². The number of carbonyl (C=O) groups excluding carboxylic acids is 2. The lowest BCUT2D eigenvalue weighted by Crippen LogP contribution is -2.53. The molecule has 1 aliphatic rings. The van der Waals surface area contributed by atoms with Gasteiger partial charge in [-0.15, -0.1) is 0 Å². The van der Waals surface area contributed by atoms with Crippen LogP contribution in [0.1, 0.15) is 38.9 Å². The van der Waals surface area contributed by atoms with Crippen LogP contribution in [-0.2, 0) is 9.59 Å². The Morgan fingerprint density at radius 3 is 2.29 bits per heavy atom. The summed E-state index contributed by atoms with van der Waals surface area (Å²) >= 11 is 0. The first-order chi connectivity index (χ1) is 11.2.